The predicted octanol–water partition coefficient (Wildman–Crippen LogP) is 4.07. The maximum atomic E-state index is 13.2. The van der Waals surface area contributed by atoms with Crippen molar-refractivity contribution in [3.8, 4) is 16.9 Å². The van der Waals surface area contributed by atoms with Crippen LogP contribution in [0.2, 0.25) is 0 Å². The summed E-state index contributed by atoms with van der Waals surface area (Å²) in [6, 6.07) is 9.63. The van der Waals surface area contributed by atoms with Crippen LogP contribution in [-0.2, 0) is 11.2 Å². The molecule has 3 heterocycles. The lowest BCUT2D eigenvalue weighted by atomic mass is 9.97. The summed E-state index contributed by atoms with van der Waals surface area (Å²) in [6.07, 6.45) is 7.75. The van der Waals surface area contributed by atoms with E-state index < -0.39 is 0 Å². The molecule has 0 spiro atoms. The van der Waals surface area contributed by atoms with Crippen molar-refractivity contribution in [1.29, 1.82) is 0 Å². The molecule has 1 atom stereocenters. The number of hydrogen-bond acceptors (Lipinski definition) is 5. The topological polar surface area (TPSA) is 68.2 Å². The Labute approximate surface area is 177 Å². The Morgan fingerprint density at radius 2 is 1.93 bits per heavy atom. The molecular weight excluding hydrogens is 376 g/mol. The van der Waals surface area contributed by atoms with Gasteiger partial charge >= 0.3 is 0 Å². The number of carbonyl (C=O) groups excluding carboxylic acids is 1. The Balaban J connectivity index is 1.64. The summed E-state index contributed by atoms with van der Waals surface area (Å²) in [5, 5.41) is 0. The molecule has 30 heavy (non-hydrogen) atoms. The number of carbonyl (C=O) groups is 1. The highest BCUT2D eigenvalue weighted by Crippen LogP contribution is 2.37. The SMILES string of the molecule is COc1ccc(CC(=O)N2CCC[C@H]2c2nc(C)ncc2-c2ccncc2C)cc1. The Morgan fingerprint density at radius 1 is 1.13 bits per heavy atom. The van der Waals surface area contributed by atoms with Crippen molar-refractivity contribution in [2.45, 2.75) is 39.2 Å². The van der Waals surface area contributed by atoms with E-state index in [0.717, 1.165) is 58.9 Å². The summed E-state index contributed by atoms with van der Waals surface area (Å²) < 4.78 is 5.21. The lowest BCUT2D eigenvalue weighted by Gasteiger charge is -2.26. The van der Waals surface area contributed by atoms with Gasteiger partial charge < -0.3 is 9.64 Å². The van der Waals surface area contributed by atoms with Crippen molar-refractivity contribution in [2.24, 2.45) is 0 Å². The first-order valence-electron chi connectivity index (χ1n) is 10.2. The molecule has 1 fully saturated rings. The van der Waals surface area contributed by atoms with Crippen molar-refractivity contribution in [3.63, 3.8) is 0 Å². The molecule has 2 aromatic heterocycles. The Hall–Kier alpha value is -3.28. The number of rotatable bonds is 5. The Morgan fingerprint density at radius 3 is 2.67 bits per heavy atom. The Kier molecular flexibility index (Phi) is 5.74. The summed E-state index contributed by atoms with van der Waals surface area (Å²) in [6.45, 7) is 4.68. The van der Waals surface area contributed by atoms with Gasteiger partial charge in [0.2, 0.25) is 5.91 Å². The maximum absolute atomic E-state index is 13.2. The van der Waals surface area contributed by atoms with Crippen molar-refractivity contribution in [3.05, 3.63) is 71.6 Å². The zero-order valence-corrected chi connectivity index (χ0v) is 17.6. The fraction of sp³-hybridized carbons (Fsp3) is 0.333. The number of ether oxygens (including phenoxy) is 1. The van der Waals surface area contributed by atoms with E-state index in [1.807, 2.05) is 61.5 Å². The van der Waals surface area contributed by atoms with E-state index in [1.54, 1.807) is 13.3 Å². The second-order valence-electron chi connectivity index (χ2n) is 7.68. The number of pyridine rings is 1. The zero-order valence-electron chi connectivity index (χ0n) is 17.6. The van der Waals surface area contributed by atoms with Crippen LogP contribution in [0.25, 0.3) is 11.1 Å². The highest BCUT2D eigenvalue weighted by molar-refractivity contribution is 5.80. The molecule has 0 aliphatic carbocycles. The number of benzene rings is 1. The van der Waals surface area contributed by atoms with Crippen LogP contribution in [0.3, 0.4) is 0 Å². The van der Waals surface area contributed by atoms with Crippen molar-refractivity contribution < 1.29 is 9.53 Å². The highest BCUT2D eigenvalue weighted by Gasteiger charge is 2.33. The molecule has 1 aliphatic heterocycles. The minimum absolute atomic E-state index is 0.0417. The summed E-state index contributed by atoms with van der Waals surface area (Å²) >= 11 is 0. The molecule has 6 heteroatoms. The molecule has 6 nitrogen and oxygen atoms in total. The van der Waals surface area contributed by atoms with Crippen LogP contribution in [0.15, 0.2) is 48.9 Å². The summed E-state index contributed by atoms with van der Waals surface area (Å²) in [7, 11) is 1.64. The Bertz CT molecular complexity index is 1050. The van der Waals surface area contributed by atoms with Gasteiger partial charge in [-0.25, -0.2) is 9.97 Å². The molecule has 0 saturated carbocycles. The number of amides is 1. The smallest absolute Gasteiger partial charge is 0.227 e. The first-order chi connectivity index (χ1) is 14.6. The van der Waals surface area contributed by atoms with Crippen molar-refractivity contribution >= 4 is 5.91 Å². The molecule has 1 aromatic carbocycles. The van der Waals surface area contributed by atoms with Gasteiger partial charge in [-0.3, -0.25) is 9.78 Å². The van der Waals surface area contributed by atoms with E-state index in [2.05, 4.69) is 9.97 Å². The number of hydrogen-bond donors (Lipinski definition) is 0. The van der Waals surface area contributed by atoms with E-state index >= 15 is 0 Å². The standard InChI is InChI=1S/C24H26N4O2/c1-16-14-25-11-10-20(16)21-15-26-17(2)27-24(21)22-5-4-12-28(22)23(29)13-18-6-8-19(30-3)9-7-18/h6-11,14-15,22H,4-5,12-13H2,1-3H3/t22-/m0/s1. The zero-order chi connectivity index (χ0) is 21.1. The number of methoxy groups -OCH3 is 1. The molecule has 1 amide bonds. The molecule has 1 aliphatic rings. The maximum Gasteiger partial charge on any atom is 0.227 e. The average Bonchev–Trinajstić information content (AvgIpc) is 3.25. The van der Waals surface area contributed by atoms with Gasteiger partial charge in [0.15, 0.2) is 0 Å². The minimum Gasteiger partial charge on any atom is -0.497 e. The van der Waals surface area contributed by atoms with Crippen LogP contribution in [0, 0.1) is 13.8 Å². The van der Waals surface area contributed by atoms with Gasteiger partial charge in [-0.15, -0.1) is 0 Å². The van der Waals surface area contributed by atoms with Crippen LogP contribution in [0.5, 0.6) is 5.75 Å². The third-order valence-electron chi connectivity index (χ3n) is 5.65. The molecule has 1 saturated heterocycles. The summed E-state index contributed by atoms with van der Waals surface area (Å²) in [4.78, 5) is 28.6. The molecule has 3 aromatic rings. The van der Waals surface area contributed by atoms with Crippen LogP contribution >= 0.6 is 0 Å². The minimum atomic E-state index is -0.0417. The lowest BCUT2D eigenvalue weighted by molar-refractivity contribution is -0.131. The molecule has 0 radical (unpaired) electrons. The molecular formula is C24H26N4O2. The molecule has 0 unspecified atom stereocenters. The highest BCUT2D eigenvalue weighted by atomic mass is 16.5. The van der Waals surface area contributed by atoms with E-state index in [4.69, 9.17) is 9.72 Å². The van der Waals surface area contributed by atoms with Crippen molar-refractivity contribution in [2.75, 3.05) is 13.7 Å². The second-order valence-corrected chi connectivity index (χ2v) is 7.68. The van der Waals surface area contributed by atoms with Crippen LogP contribution < -0.4 is 4.74 Å². The first kappa shape index (κ1) is 20.0. The lowest BCUT2D eigenvalue weighted by Crippen LogP contribution is -2.32. The fourth-order valence-corrected chi connectivity index (χ4v) is 4.09. The van der Waals surface area contributed by atoms with Gasteiger partial charge in [-0.05, 0) is 61.6 Å². The van der Waals surface area contributed by atoms with Gasteiger partial charge in [0.1, 0.15) is 11.6 Å². The average molecular weight is 402 g/mol. The van der Waals surface area contributed by atoms with Crippen LogP contribution in [0.1, 0.15) is 41.5 Å². The monoisotopic (exact) mass is 402 g/mol. The van der Waals surface area contributed by atoms with Crippen molar-refractivity contribution in [1.82, 2.24) is 19.9 Å². The van der Waals surface area contributed by atoms with Gasteiger partial charge in [-0.2, -0.15) is 0 Å². The summed E-state index contributed by atoms with van der Waals surface area (Å²) in [5.74, 6) is 1.63. The van der Waals surface area contributed by atoms with Gasteiger partial charge in [-0.1, -0.05) is 12.1 Å². The third kappa shape index (κ3) is 4.03. The number of nitrogens with zero attached hydrogens (tertiary/aromatic N) is 4. The molecule has 4 rings (SSSR count). The molecule has 154 valence electrons. The second kappa shape index (κ2) is 8.61. The molecule has 0 N–H and O–H groups in total. The normalized spacial score (nSPS) is 16.0. The third-order valence-corrected chi connectivity index (χ3v) is 5.65. The van der Waals surface area contributed by atoms with Gasteiger partial charge in [0.25, 0.3) is 0 Å². The summed E-state index contributed by atoms with van der Waals surface area (Å²) in [5.41, 5.74) is 5.03. The number of aromatic nitrogens is 3. The largest absolute Gasteiger partial charge is 0.497 e. The van der Waals surface area contributed by atoms with Gasteiger partial charge in [0.05, 0.1) is 25.3 Å². The fourth-order valence-electron chi connectivity index (χ4n) is 4.09. The van der Waals surface area contributed by atoms with E-state index in [9.17, 15) is 4.79 Å². The van der Waals surface area contributed by atoms with Crippen LogP contribution in [0.4, 0.5) is 0 Å². The van der Waals surface area contributed by atoms with E-state index in [1.165, 1.54) is 0 Å². The van der Waals surface area contributed by atoms with Crippen LogP contribution in [-0.4, -0.2) is 39.4 Å². The quantitative estimate of drug-likeness (QED) is 0.643. The number of likely N-dealkylation sites (tertiary alicyclic amines) is 1. The van der Waals surface area contributed by atoms with Gasteiger partial charge in [0, 0.05) is 30.7 Å². The van der Waals surface area contributed by atoms with E-state index in [-0.39, 0.29) is 11.9 Å². The predicted molar refractivity (Wildman–Crippen MR) is 115 cm³/mol. The first-order valence-corrected chi connectivity index (χ1v) is 10.2. The molecule has 0 bridgehead atoms. The van der Waals surface area contributed by atoms with E-state index in [0.29, 0.717) is 6.42 Å². The number of aryl methyl sites for hydroxylation is 2.